The van der Waals surface area contributed by atoms with Crippen molar-refractivity contribution in [2.75, 3.05) is 19.8 Å². The predicted molar refractivity (Wildman–Crippen MR) is 60.9 cm³/mol. The summed E-state index contributed by atoms with van der Waals surface area (Å²) in [5, 5.41) is 12.2. The predicted octanol–water partition coefficient (Wildman–Crippen LogP) is 0.873. The molecule has 0 radical (unpaired) electrons. The molecule has 0 aliphatic rings. The molecular weight excluding hydrogens is 206 g/mol. The minimum absolute atomic E-state index is 0.0522. The Morgan fingerprint density at radius 2 is 2.12 bits per heavy atom. The van der Waals surface area contributed by atoms with Gasteiger partial charge in [0.25, 0.3) is 0 Å². The highest BCUT2D eigenvalue weighted by molar-refractivity contribution is 5.71. The summed E-state index contributed by atoms with van der Waals surface area (Å²) in [6.45, 7) is 2.19. The van der Waals surface area contributed by atoms with E-state index in [1.165, 1.54) is 0 Å². The lowest BCUT2D eigenvalue weighted by molar-refractivity contribution is -0.142. The van der Waals surface area contributed by atoms with E-state index in [0.29, 0.717) is 6.61 Å². The fraction of sp³-hybridized carbons (Fsp3) is 0.417. The number of ether oxygens (including phenoxy) is 1. The highest BCUT2D eigenvalue weighted by Gasteiger charge is 2.11. The molecule has 0 aromatic heterocycles. The number of hydrogen-bond donors (Lipinski definition) is 2. The van der Waals surface area contributed by atoms with Crippen LogP contribution in [-0.2, 0) is 9.53 Å². The number of benzene rings is 1. The van der Waals surface area contributed by atoms with Crippen LogP contribution in [0.25, 0.3) is 0 Å². The number of nitrogens with one attached hydrogen (secondary N) is 1. The van der Waals surface area contributed by atoms with Crippen molar-refractivity contribution in [2.24, 2.45) is 0 Å². The number of esters is 1. The first kappa shape index (κ1) is 12.7. The monoisotopic (exact) mass is 223 g/mol. The summed E-state index contributed by atoms with van der Waals surface area (Å²) in [7, 11) is 0. The van der Waals surface area contributed by atoms with E-state index >= 15 is 0 Å². The van der Waals surface area contributed by atoms with Gasteiger partial charge in [0, 0.05) is 0 Å². The third-order valence-corrected chi connectivity index (χ3v) is 2.18. The van der Waals surface area contributed by atoms with E-state index in [0.717, 1.165) is 5.56 Å². The zero-order valence-electron chi connectivity index (χ0n) is 9.35. The molecule has 0 unspecified atom stereocenters. The summed E-state index contributed by atoms with van der Waals surface area (Å²) in [6.07, 6.45) is 0. The Morgan fingerprint density at radius 1 is 1.44 bits per heavy atom. The van der Waals surface area contributed by atoms with Gasteiger partial charge in [0.05, 0.1) is 25.8 Å². The molecule has 1 aromatic carbocycles. The van der Waals surface area contributed by atoms with Crippen LogP contribution < -0.4 is 5.32 Å². The maximum Gasteiger partial charge on any atom is 0.319 e. The number of carbonyl (C=O) groups excluding carboxylic acids is 1. The number of carbonyl (C=O) groups is 1. The summed E-state index contributed by atoms with van der Waals surface area (Å²) in [5.41, 5.74) is 0.953. The van der Waals surface area contributed by atoms with Crippen LogP contribution in [0.1, 0.15) is 18.5 Å². The van der Waals surface area contributed by atoms with Crippen molar-refractivity contribution in [2.45, 2.75) is 13.0 Å². The quantitative estimate of drug-likeness (QED) is 0.703. The molecule has 0 spiro atoms. The SMILES string of the molecule is CCOC(=O)CN[C@H](CO)c1ccccc1. The minimum Gasteiger partial charge on any atom is -0.465 e. The van der Waals surface area contributed by atoms with Gasteiger partial charge in [-0.1, -0.05) is 30.3 Å². The van der Waals surface area contributed by atoms with Crippen molar-refractivity contribution in [3.63, 3.8) is 0 Å². The largest absolute Gasteiger partial charge is 0.465 e. The van der Waals surface area contributed by atoms with Crippen molar-refractivity contribution in [3.05, 3.63) is 35.9 Å². The van der Waals surface area contributed by atoms with Crippen LogP contribution in [0.15, 0.2) is 30.3 Å². The fourth-order valence-corrected chi connectivity index (χ4v) is 1.39. The van der Waals surface area contributed by atoms with Crippen LogP contribution in [0.5, 0.6) is 0 Å². The van der Waals surface area contributed by atoms with Gasteiger partial charge in [-0.05, 0) is 12.5 Å². The minimum atomic E-state index is -0.308. The number of rotatable bonds is 6. The topological polar surface area (TPSA) is 58.6 Å². The van der Waals surface area contributed by atoms with Gasteiger partial charge in [-0.2, -0.15) is 0 Å². The standard InChI is InChI=1S/C12H17NO3/c1-2-16-12(15)8-13-11(9-14)10-6-4-3-5-7-10/h3-7,11,13-14H,2,8-9H2,1H3/t11-/m1/s1. The van der Waals surface area contributed by atoms with Gasteiger partial charge in [-0.3, -0.25) is 10.1 Å². The number of hydrogen-bond acceptors (Lipinski definition) is 4. The summed E-state index contributed by atoms with van der Waals surface area (Å²) in [4.78, 5) is 11.1. The molecule has 0 saturated heterocycles. The molecule has 0 saturated carbocycles. The van der Waals surface area contributed by atoms with Gasteiger partial charge in [0.2, 0.25) is 0 Å². The Labute approximate surface area is 95.2 Å². The highest BCUT2D eigenvalue weighted by Crippen LogP contribution is 2.10. The third kappa shape index (κ3) is 4.00. The lowest BCUT2D eigenvalue weighted by atomic mass is 10.1. The molecule has 2 N–H and O–H groups in total. The molecular formula is C12H17NO3. The number of aliphatic hydroxyl groups excluding tert-OH is 1. The maximum atomic E-state index is 11.1. The maximum absolute atomic E-state index is 11.1. The van der Waals surface area contributed by atoms with Crippen LogP contribution in [0, 0.1) is 0 Å². The van der Waals surface area contributed by atoms with Gasteiger partial charge in [-0.15, -0.1) is 0 Å². The summed E-state index contributed by atoms with van der Waals surface area (Å²) >= 11 is 0. The van der Waals surface area contributed by atoms with Crippen molar-refractivity contribution < 1.29 is 14.6 Å². The normalized spacial score (nSPS) is 12.1. The van der Waals surface area contributed by atoms with E-state index in [4.69, 9.17) is 4.74 Å². The van der Waals surface area contributed by atoms with Crippen molar-refractivity contribution >= 4 is 5.97 Å². The third-order valence-electron chi connectivity index (χ3n) is 2.18. The highest BCUT2D eigenvalue weighted by atomic mass is 16.5. The molecule has 0 fully saturated rings. The van der Waals surface area contributed by atoms with Gasteiger partial charge in [-0.25, -0.2) is 0 Å². The smallest absolute Gasteiger partial charge is 0.319 e. The van der Waals surface area contributed by atoms with Crippen LogP contribution in [-0.4, -0.2) is 30.8 Å². The Kier molecular flexibility index (Phi) is 5.53. The number of aliphatic hydroxyl groups is 1. The van der Waals surface area contributed by atoms with E-state index in [9.17, 15) is 9.90 Å². The fourth-order valence-electron chi connectivity index (χ4n) is 1.39. The molecule has 1 aromatic rings. The molecule has 1 atom stereocenters. The van der Waals surface area contributed by atoms with Crippen molar-refractivity contribution in [1.29, 1.82) is 0 Å². The molecule has 1 rings (SSSR count). The average Bonchev–Trinajstić information content (AvgIpc) is 2.31. The van der Waals surface area contributed by atoms with E-state index in [2.05, 4.69) is 5.32 Å². The van der Waals surface area contributed by atoms with E-state index in [1.807, 2.05) is 30.3 Å². The van der Waals surface area contributed by atoms with E-state index in [-0.39, 0.29) is 25.2 Å². The summed E-state index contributed by atoms with van der Waals surface area (Å²) < 4.78 is 4.79. The Hall–Kier alpha value is -1.39. The zero-order chi connectivity index (χ0) is 11.8. The molecule has 88 valence electrons. The molecule has 0 heterocycles. The summed E-state index contributed by atoms with van der Waals surface area (Å²) in [5.74, 6) is -0.308. The Balaban J connectivity index is 2.47. The Bertz CT molecular complexity index is 313. The van der Waals surface area contributed by atoms with Crippen LogP contribution >= 0.6 is 0 Å². The average molecular weight is 223 g/mol. The summed E-state index contributed by atoms with van der Waals surface area (Å²) in [6, 6.07) is 9.26. The molecule has 0 amide bonds. The van der Waals surface area contributed by atoms with E-state index < -0.39 is 0 Å². The molecule has 16 heavy (non-hydrogen) atoms. The van der Waals surface area contributed by atoms with Gasteiger partial charge < -0.3 is 9.84 Å². The Morgan fingerprint density at radius 3 is 2.69 bits per heavy atom. The second-order valence-electron chi connectivity index (χ2n) is 3.33. The van der Waals surface area contributed by atoms with Crippen LogP contribution in [0.3, 0.4) is 0 Å². The van der Waals surface area contributed by atoms with Crippen molar-refractivity contribution in [3.8, 4) is 0 Å². The van der Waals surface area contributed by atoms with E-state index in [1.54, 1.807) is 6.92 Å². The van der Waals surface area contributed by atoms with Crippen LogP contribution in [0.2, 0.25) is 0 Å². The first-order valence-electron chi connectivity index (χ1n) is 5.32. The molecule has 4 heteroatoms. The van der Waals surface area contributed by atoms with Gasteiger partial charge in [0.15, 0.2) is 0 Å². The molecule has 0 aliphatic heterocycles. The molecule has 4 nitrogen and oxygen atoms in total. The zero-order valence-corrected chi connectivity index (χ0v) is 9.35. The molecule has 0 bridgehead atoms. The lowest BCUT2D eigenvalue weighted by Gasteiger charge is -2.15. The molecule has 0 aliphatic carbocycles. The van der Waals surface area contributed by atoms with Crippen LogP contribution in [0.4, 0.5) is 0 Å². The van der Waals surface area contributed by atoms with Gasteiger partial charge in [0.1, 0.15) is 0 Å². The van der Waals surface area contributed by atoms with Gasteiger partial charge >= 0.3 is 5.97 Å². The lowest BCUT2D eigenvalue weighted by Crippen LogP contribution is -2.30. The first-order chi connectivity index (χ1) is 7.77. The second-order valence-corrected chi connectivity index (χ2v) is 3.33. The second kappa shape index (κ2) is 6.98. The van der Waals surface area contributed by atoms with Crippen molar-refractivity contribution in [1.82, 2.24) is 5.32 Å². The first-order valence-corrected chi connectivity index (χ1v) is 5.32.